The first-order valence-corrected chi connectivity index (χ1v) is 5.26. The fraction of sp³-hybridized carbons (Fsp3) is 0.0769. The molecule has 0 aliphatic rings. The number of nitrogens with one attached hydrogen (secondary N) is 1. The van der Waals surface area contributed by atoms with Gasteiger partial charge < -0.3 is 9.72 Å². The van der Waals surface area contributed by atoms with Gasteiger partial charge >= 0.3 is 5.97 Å². The van der Waals surface area contributed by atoms with Crippen molar-refractivity contribution in [2.24, 2.45) is 0 Å². The van der Waals surface area contributed by atoms with Crippen LogP contribution in [0.2, 0.25) is 0 Å². The van der Waals surface area contributed by atoms with Gasteiger partial charge in [-0.05, 0) is 30.3 Å². The van der Waals surface area contributed by atoms with Crippen LogP contribution >= 0.6 is 0 Å². The molecule has 0 saturated carbocycles. The number of aromatic nitrogens is 1. The number of carbonyl (C=O) groups excluding carboxylic acids is 1. The summed E-state index contributed by atoms with van der Waals surface area (Å²) in [5.74, 6) is -0.987. The highest BCUT2D eigenvalue weighted by atomic mass is 19.1. The number of hydrogen-bond acceptors (Lipinski definition) is 3. The highest BCUT2D eigenvalue weighted by Crippen LogP contribution is 2.06. The molecule has 0 aliphatic carbocycles. The average Bonchev–Trinajstić information content (AvgIpc) is 2.37. The molecule has 2 rings (SSSR count). The van der Waals surface area contributed by atoms with Crippen LogP contribution in [0.5, 0.6) is 0 Å². The zero-order valence-electron chi connectivity index (χ0n) is 9.35. The highest BCUT2D eigenvalue weighted by molar-refractivity contribution is 5.89. The molecule has 0 aliphatic heterocycles. The predicted octanol–water partition coefficient (Wildman–Crippen LogP) is 1.87. The molecule has 92 valence electrons. The minimum atomic E-state index is -0.570. The van der Waals surface area contributed by atoms with Crippen LogP contribution in [-0.2, 0) is 11.3 Å². The summed E-state index contributed by atoms with van der Waals surface area (Å²) in [4.78, 5) is 25.1. The van der Waals surface area contributed by atoms with Crippen LogP contribution in [0.25, 0.3) is 0 Å². The van der Waals surface area contributed by atoms with Crippen LogP contribution < -0.4 is 5.56 Å². The normalized spacial score (nSPS) is 10.1. The van der Waals surface area contributed by atoms with E-state index in [1.165, 1.54) is 30.3 Å². The van der Waals surface area contributed by atoms with Crippen LogP contribution in [0.3, 0.4) is 0 Å². The molecule has 0 fully saturated rings. The number of rotatable bonds is 3. The molecule has 0 atom stereocenters. The molecule has 4 nitrogen and oxygen atoms in total. The molecular formula is C13H10FNO3. The number of ether oxygens (including phenoxy) is 1. The minimum Gasteiger partial charge on any atom is -0.456 e. The molecule has 5 heteroatoms. The monoisotopic (exact) mass is 247 g/mol. The second kappa shape index (κ2) is 5.27. The Kier molecular flexibility index (Phi) is 3.52. The summed E-state index contributed by atoms with van der Waals surface area (Å²) >= 11 is 0. The summed E-state index contributed by atoms with van der Waals surface area (Å²) in [5, 5.41) is 0. The lowest BCUT2D eigenvalue weighted by Gasteiger charge is -2.04. The van der Waals surface area contributed by atoms with Crippen LogP contribution in [0, 0.1) is 5.82 Å². The van der Waals surface area contributed by atoms with Gasteiger partial charge in [-0.2, -0.15) is 0 Å². The number of benzene rings is 1. The number of esters is 1. The number of pyridine rings is 1. The fourth-order valence-electron chi connectivity index (χ4n) is 1.39. The molecule has 1 heterocycles. The standard InChI is InChI=1S/C13H10FNO3/c14-10-6-4-9(5-7-10)13(17)18-8-11-2-1-3-12(16)15-11/h1-7H,8H2,(H,15,16). The van der Waals surface area contributed by atoms with Crippen LogP contribution in [-0.4, -0.2) is 11.0 Å². The molecular weight excluding hydrogens is 237 g/mol. The van der Waals surface area contributed by atoms with Gasteiger partial charge in [-0.25, -0.2) is 9.18 Å². The molecule has 0 amide bonds. The van der Waals surface area contributed by atoms with Crippen molar-refractivity contribution in [1.29, 1.82) is 0 Å². The van der Waals surface area contributed by atoms with E-state index in [-0.39, 0.29) is 17.7 Å². The van der Waals surface area contributed by atoms with Crippen molar-refractivity contribution in [2.75, 3.05) is 0 Å². The van der Waals surface area contributed by atoms with Gasteiger partial charge in [0.05, 0.1) is 11.3 Å². The third-order valence-corrected chi connectivity index (χ3v) is 2.27. The van der Waals surface area contributed by atoms with Crippen molar-refractivity contribution < 1.29 is 13.9 Å². The van der Waals surface area contributed by atoms with E-state index in [1.807, 2.05) is 0 Å². The summed E-state index contributed by atoms with van der Waals surface area (Å²) in [5.41, 5.74) is 0.498. The van der Waals surface area contributed by atoms with Gasteiger partial charge in [0, 0.05) is 6.07 Å². The van der Waals surface area contributed by atoms with Gasteiger partial charge in [-0.15, -0.1) is 0 Å². The highest BCUT2D eigenvalue weighted by Gasteiger charge is 2.07. The lowest BCUT2D eigenvalue weighted by molar-refractivity contribution is 0.0467. The molecule has 1 N–H and O–H groups in total. The Morgan fingerprint density at radius 3 is 2.56 bits per heavy atom. The van der Waals surface area contributed by atoms with E-state index in [1.54, 1.807) is 12.1 Å². The van der Waals surface area contributed by atoms with Gasteiger partial charge in [0.2, 0.25) is 5.56 Å². The van der Waals surface area contributed by atoms with Crippen LogP contribution in [0.1, 0.15) is 16.1 Å². The van der Waals surface area contributed by atoms with Crippen molar-refractivity contribution in [2.45, 2.75) is 6.61 Å². The van der Waals surface area contributed by atoms with Crippen molar-refractivity contribution in [3.05, 3.63) is 69.9 Å². The van der Waals surface area contributed by atoms with Crippen LogP contribution in [0.4, 0.5) is 4.39 Å². The van der Waals surface area contributed by atoms with Crippen molar-refractivity contribution in [3.63, 3.8) is 0 Å². The first kappa shape index (κ1) is 12.0. The SMILES string of the molecule is O=C(OCc1cccc(=O)[nH]1)c1ccc(F)cc1. The predicted molar refractivity (Wildman–Crippen MR) is 62.6 cm³/mol. The Balaban J connectivity index is 2.00. The van der Waals surface area contributed by atoms with Gasteiger partial charge in [0.25, 0.3) is 0 Å². The molecule has 0 radical (unpaired) electrons. The fourth-order valence-corrected chi connectivity index (χ4v) is 1.39. The second-order valence-corrected chi connectivity index (χ2v) is 3.62. The maximum atomic E-state index is 12.7. The first-order chi connectivity index (χ1) is 8.65. The summed E-state index contributed by atoms with van der Waals surface area (Å²) in [7, 11) is 0. The smallest absolute Gasteiger partial charge is 0.338 e. The summed E-state index contributed by atoms with van der Waals surface area (Å²) in [6.45, 7) is -0.0354. The zero-order valence-corrected chi connectivity index (χ0v) is 9.35. The van der Waals surface area contributed by atoms with Gasteiger partial charge in [-0.3, -0.25) is 4.79 Å². The van der Waals surface area contributed by atoms with Crippen molar-refractivity contribution in [3.8, 4) is 0 Å². The lowest BCUT2D eigenvalue weighted by Crippen LogP contribution is -2.10. The number of aromatic amines is 1. The molecule has 0 spiro atoms. The largest absolute Gasteiger partial charge is 0.456 e. The maximum Gasteiger partial charge on any atom is 0.338 e. The average molecular weight is 247 g/mol. The molecule has 18 heavy (non-hydrogen) atoms. The number of hydrogen-bond donors (Lipinski definition) is 1. The van der Waals surface area contributed by atoms with Gasteiger partial charge in [0.1, 0.15) is 12.4 Å². The molecule has 0 bridgehead atoms. The van der Waals surface area contributed by atoms with Gasteiger partial charge in [0.15, 0.2) is 0 Å². The number of carbonyl (C=O) groups is 1. The van der Waals surface area contributed by atoms with Crippen molar-refractivity contribution in [1.82, 2.24) is 4.98 Å². The van der Waals surface area contributed by atoms with E-state index < -0.39 is 11.8 Å². The summed E-state index contributed by atoms with van der Waals surface area (Å²) in [6.07, 6.45) is 0. The van der Waals surface area contributed by atoms with E-state index in [4.69, 9.17) is 4.74 Å². The van der Waals surface area contributed by atoms with Gasteiger partial charge in [-0.1, -0.05) is 6.07 Å². The molecule has 0 saturated heterocycles. The summed E-state index contributed by atoms with van der Waals surface area (Å²) < 4.78 is 17.6. The maximum absolute atomic E-state index is 12.7. The van der Waals surface area contributed by atoms with E-state index >= 15 is 0 Å². The van der Waals surface area contributed by atoms with E-state index in [0.29, 0.717) is 5.69 Å². The Bertz CT molecular complexity index is 604. The third kappa shape index (κ3) is 3.04. The molecule has 1 aromatic heterocycles. The van der Waals surface area contributed by atoms with E-state index in [0.717, 1.165) is 0 Å². The van der Waals surface area contributed by atoms with Crippen LogP contribution in [0.15, 0.2) is 47.3 Å². The second-order valence-electron chi connectivity index (χ2n) is 3.62. The molecule has 2 aromatic rings. The number of H-pyrrole nitrogens is 1. The Labute approximate surface area is 102 Å². The topological polar surface area (TPSA) is 59.2 Å². The lowest BCUT2D eigenvalue weighted by atomic mass is 10.2. The van der Waals surface area contributed by atoms with E-state index in [9.17, 15) is 14.0 Å². The molecule has 1 aromatic carbocycles. The first-order valence-electron chi connectivity index (χ1n) is 5.26. The Hall–Kier alpha value is -2.43. The van der Waals surface area contributed by atoms with Crippen molar-refractivity contribution >= 4 is 5.97 Å². The Morgan fingerprint density at radius 1 is 1.17 bits per heavy atom. The minimum absolute atomic E-state index is 0.0354. The zero-order chi connectivity index (χ0) is 13.0. The third-order valence-electron chi connectivity index (χ3n) is 2.27. The number of halogens is 1. The summed E-state index contributed by atoms with van der Waals surface area (Å²) in [6, 6.07) is 9.61. The Morgan fingerprint density at radius 2 is 1.89 bits per heavy atom. The molecule has 0 unspecified atom stereocenters. The van der Waals surface area contributed by atoms with E-state index in [2.05, 4.69) is 4.98 Å². The quantitative estimate of drug-likeness (QED) is 0.842.